The lowest BCUT2D eigenvalue weighted by atomic mass is 10.1. The average Bonchev–Trinajstić information content (AvgIpc) is 2.42. The standard InChI is InChI=1S/C14H9BrCl3NO2/c15-9-3-7(14(20)21)1-2-8(9)6-19-13-5-11(17)10(16)4-12(13)18/h1-5,19H,6H2,(H,20,21). The largest absolute Gasteiger partial charge is 0.478 e. The van der Waals surface area contributed by atoms with Crippen LogP contribution in [0, 0.1) is 0 Å². The van der Waals surface area contributed by atoms with Gasteiger partial charge in [-0.3, -0.25) is 0 Å². The normalized spacial score (nSPS) is 10.5. The Balaban J connectivity index is 2.17. The van der Waals surface area contributed by atoms with Gasteiger partial charge in [-0.1, -0.05) is 56.8 Å². The van der Waals surface area contributed by atoms with Gasteiger partial charge in [0.15, 0.2) is 0 Å². The molecule has 0 bridgehead atoms. The average molecular weight is 409 g/mol. The fourth-order valence-corrected chi connectivity index (χ4v) is 2.80. The van der Waals surface area contributed by atoms with Crippen LogP contribution in [-0.2, 0) is 6.54 Å². The fourth-order valence-electron chi connectivity index (χ4n) is 1.67. The Labute approximate surface area is 145 Å². The molecule has 0 aliphatic heterocycles. The first-order valence-corrected chi connectivity index (χ1v) is 7.71. The lowest BCUT2D eigenvalue weighted by molar-refractivity contribution is 0.0697. The Morgan fingerprint density at radius 2 is 1.76 bits per heavy atom. The van der Waals surface area contributed by atoms with Crippen molar-refractivity contribution in [2.24, 2.45) is 0 Å². The summed E-state index contributed by atoms with van der Waals surface area (Å²) in [5, 5.41) is 13.3. The van der Waals surface area contributed by atoms with Crippen LogP contribution in [0.1, 0.15) is 15.9 Å². The summed E-state index contributed by atoms with van der Waals surface area (Å²) >= 11 is 21.2. The highest BCUT2D eigenvalue weighted by Crippen LogP contribution is 2.32. The smallest absolute Gasteiger partial charge is 0.335 e. The predicted octanol–water partition coefficient (Wildman–Crippen LogP) is 5.72. The third kappa shape index (κ3) is 4.04. The van der Waals surface area contributed by atoms with Crippen molar-refractivity contribution >= 4 is 62.4 Å². The molecule has 0 amide bonds. The van der Waals surface area contributed by atoms with E-state index >= 15 is 0 Å². The van der Waals surface area contributed by atoms with E-state index in [1.54, 1.807) is 30.3 Å². The number of aromatic carboxylic acids is 1. The number of hydrogen-bond acceptors (Lipinski definition) is 2. The number of hydrogen-bond donors (Lipinski definition) is 2. The van der Waals surface area contributed by atoms with Crippen LogP contribution in [0.25, 0.3) is 0 Å². The van der Waals surface area contributed by atoms with Crippen LogP contribution in [0.3, 0.4) is 0 Å². The molecule has 2 N–H and O–H groups in total. The van der Waals surface area contributed by atoms with E-state index in [0.29, 0.717) is 31.8 Å². The first-order valence-electron chi connectivity index (χ1n) is 5.78. The number of nitrogens with one attached hydrogen (secondary N) is 1. The molecule has 0 saturated heterocycles. The van der Waals surface area contributed by atoms with E-state index in [1.807, 2.05) is 0 Å². The van der Waals surface area contributed by atoms with Gasteiger partial charge in [0, 0.05) is 11.0 Å². The lowest BCUT2D eigenvalue weighted by Gasteiger charge is -2.11. The molecule has 0 atom stereocenters. The Bertz CT molecular complexity index is 707. The Hall–Kier alpha value is -0.940. The van der Waals surface area contributed by atoms with Gasteiger partial charge in [0.1, 0.15) is 0 Å². The van der Waals surface area contributed by atoms with Crippen LogP contribution in [0.15, 0.2) is 34.8 Å². The molecular weight excluding hydrogens is 400 g/mol. The van der Waals surface area contributed by atoms with Crippen LogP contribution < -0.4 is 5.32 Å². The summed E-state index contributed by atoms with van der Waals surface area (Å²) in [4.78, 5) is 10.9. The van der Waals surface area contributed by atoms with Gasteiger partial charge >= 0.3 is 5.97 Å². The van der Waals surface area contributed by atoms with Gasteiger partial charge in [-0.05, 0) is 29.8 Å². The van der Waals surface area contributed by atoms with Gasteiger partial charge in [-0.15, -0.1) is 0 Å². The van der Waals surface area contributed by atoms with Gasteiger partial charge in [-0.2, -0.15) is 0 Å². The Morgan fingerprint density at radius 1 is 1.10 bits per heavy atom. The van der Waals surface area contributed by atoms with Crippen molar-refractivity contribution in [2.45, 2.75) is 6.54 Å². The zero-order chi connectivity index (χ0) is 15.6. The summed E-state index contributed by atoms with van der Waals surface area (Å²) in [7, 11) is 0. The van der Waals surface area contributed by atoms with Gasteiger partial charge < -0.3 is 10.4 Å². The van der Waals surface area contributed by atoms with Crippen molar-refractivity contribution in [3.05, 3.63) is 61.0 Å². The van der Waals surface area contributed by atoms with E-state index in [9.17, 15) is 4.79 Å². The summed E-state index contributed by atoms with van der Waals surface area (Å²) in [5.41, 5.74) is 1.76. The molecule has 0 heterocycles. The van der Waals surface area contributed by atoms with Crippen LogP contribution in [0.5, 0.6) is 0 Å². The highest BCUT2D eigenvalue weighted by Gasteiger charge is 2.09. The highest BCUT2D eigenvalue weighted by atomic mass is 79.9. The number of carboxylic acid groups (broad SMARTS) is 1. The quantitative estimate of drug-likeness (QED) is 0.635. The van der Waals surface area contributed by atoms with Crippen LogP contribution in [-0.4, -0.2) is 11.1 Å². The summed E-state index contributed by atoms with van der Waals surface area (Å²) in [6.45, 7) is 0.457. The molecule has 2 aromatic carbocycles. The predicted molar refractivity (Wildman–Crippen MR) is 89.9 cm³/mol. The number of anilines is 1. The second kappa shape index (κ2) is 6.88. The minimum atomic E-state index is -0.970. The van der Waals surface area contributed by atoms with Crippen molar-refractivity contribution in [3.8, 4) is 0 Å². The van der Waals surface area contributed by atoms with Crippen molar-refractivity contribution in [1.82, 2.24) is 0 Å². The second-order valence-electron chi connectivity index (χ2n) is 4.21. The zero-order valence-corrected chi connectivity index (χ0v) is 14.3. The zero-order valence-electron chi connectivity index (χ0n) is 10.5. The summed E-state index contributed by atoms with van der Waals surface area (Å²) < 4.78 is 0.700. The lowest BCUT2D eigenvalue weighted by Crippen LogP contribution is -2.03. The van der Waals surface area contributed by atoms with Gasteiger partial charge in [-0.25, -0.2) is 4.79 Å². The monoisotopic (exact) mass is 407 g/mol. The van der Waals surface area contributed by atoms with Crippen LogP contribution in [0.2, 0.25) is 15.1 Å². The van der Waals surface area contributed by atoms with E-state index in [1.165, 1.54) is 0 Å². The maximum atomic E-state index is 10.9. The minimum absolute atomic E-state index is 0.221. The third-order valence-corrected chi connectivity index (χ3v) is 4.55. The van der Waals surface area contributed by atoms with Crippen molar-refractivity contribution in [1.29, 1.82) is 0 Å². The minimum Gasteiger partial charge on any atom is -0.478 e. The molecule has 21 heavy (non-hydrogen) atoms. The third-order valence-electron chi connectivity index (χ3n) is 2.78. The van der Waals surface area contributed by atoms with E-state index < -0.39 is 5.97 Å². The van der Waals surface area contributed by atoms with E-state index in [4.69, 9.17) is 39.9 Å². The molecule has 110 valence electrons. The summed E-state index contributed by atoms with van der Waals surface area (Å²) in [6.07, 6.45) is 0. The van der Waals surface area contributed by atoms with Crippen LogP contribution >= 0.6 is 50.7 Å². The molecule has 0 fully saturated rings. The molecule has 0 aliphatic rings. The molecular formula is C14H9BrCl3NO2. The number of carbonyl (C=O) groups is 1. The van der Waals surface area contributed by atoms with Gasteiger partial charge in [0.2, 0.25) is 0 Å². The van der Waals surface area contributed by atoms with Crippen molar-refractivity contribution in [3.63, 3.8) is 0 Å². The molecule has 0 unspecified atom stereocenters. The van der Waals surface area contributed by atoms with Crippen molar-refractivity contribution < 1.29 is 9.90 Å². The van der Waals surface area contributed by atoms with E-state index in [-0.39, 0.29) is 5.56 Å². The van der Waals surface area contributed by atoms with Gasteiger partial charge in [0.05, 0.1) is 26.3 Å². The molecule has 2 rings (SSSR count). The number of benzene rings is 2. The number of halogens is 4. The molecule has 3 nitrogen and oxygen atoms in total. The molecule has 0 aromatic heterocycles. The maximum absolute atomic E-state index is 10.9. The Kier molecular flexibility index (Phi) is 5.38. The summed E-state index contributed by atoms with van der Waals surface area (Å²) in [5.74, 6) is -0.970. The number of rotatable bonds is 4. The molecule has 7 heteroatoms. The van der Waals surface area contributed by atoms with Crippen molar-refractivity contribution in [2.75, 3.05) is 5.32 Å². The number of carboxylic acids is 1. The molecule has 0 spiro atoms. The summed E-state index contributed by atoms with van der Waals surface area (Å²) in [6, 6.07) is 8.03. The molecule has 2 aromatic rings. The molecule has 0 saturated carbocycles. The van der Waals surface area contributed by atoms with E-state index in [0.717, 1.165) is 5.56 Å². The Morgan fingerprint density at radius 3 is 2.38 bits per heavy atom. The van der Waals surface area contributed by atoms with E-state index in [2.05, 4.69) is 21.2 Å². The van der Waals surface area contributed by atoms with Gasteiger partial charge in [0.25, 0.3) is 0 Å². The maximum Gasteiger partial charge on any atom is 0.335 e. The highest BCUT2D eigenvalue weighted by molar-refractivity contribution is 9.10. The topological polar surface area (TPSA) is 49.3 Å². The first kappa shape index (κ1) is 16.4. The fraction of sp³-hybridized carbons (Fsp3) is 0.0714. The molecule has 0 radical (unpaired) electrons. The van der Waals surface area contributed by atoms with Crippen LogP contribution in [0.4, 0.5) is 5.69 Å². The SMILES string of the molecule is O=C(O)c1ccc(CNc2cc(Cl)c(Cl)cc2Cl)c(Br)c1. The second-order valence-corrected chi connectivity index (χ2v) is 6.29. The molecule has 0 aliphatic carbocycles. The first-order chi connectivity index (χ1) is 9.88.